The number of carbonyl (C=O) groups is 2. The number of ether oxygens (including phenoxy) is 1. The van der Waals surface area contributed by atoms with Crippen molar-refractivity contribution in [3.8, 4) is 5.75 Å². The number of esters is 1. The Morgan fingerprint density at radius 2 is 2.21 bits per heavy atom. The van der Waals surface area contributed by atoms with Crippen molar-refractivity contribution in [2.45, 2.75) is 20.2 Å². The Morgan fingerprint density at radius 1 is 1.53 bits per heavy atom. The van der Waals surface area contributed by atoms with Gasteiger partial charge in [-0.2, -0.15) is 0 Å². The number of nitrogens with zero attached hydrogens (tertiary/aromatic N) is 1. The molecule has 0 aliphatic carbocycles. The Bertz CT molecular complexity index is 568. The van der Waals surface area contributed by atoms with Crippen LogP contribution in [-0.2, 0) is 9.53 Å². The van der Waals surface area contributed by atoms with Gasteiger partial charge < -0.3 is 9.84 Å². The second-order valence-corrected chi connectivity index (χ2v) is 4.33. The van der Waals surface area contributed by atoms with Crippen molar-refractivity contribution in [2.75, 3.05) is 4.90 Å². The number of hydrogen-bond acceptors (Lipinski definition) is 4. The van der Waals surface area contributed by atoms with E-state index in [1.165, 1.54) is 17.9 Å². The summed E-state index contributed by atoms with van der Waals surface area (Å²) in [6.07, 6.45) is -0.876. The van der Waals surface area contributed by atoms with Crippen LogP contribution in [0.2, 0.25) is 0 Å². The zero-order chi connectivity index (χ0) is 14.2. The molecule has 2 amide bonds. The van der Waals surface area contributed by atoms with Crippen LogP contribution in [0.4, 0.5) is 10.5 Å². The fraction of sp³-hybridized carbons (Fsp3) is 0.231. The highest BCUT2D eigenvalue weighted by atomic mass is 16.6. The third-order valence-corrected chi connectivity index (χ3v) is 2.74. The zero-order valence-corrected chi connectivity index (χ0v) is 10.6. The van der Waals surface area contributed by atoms with Crippen LogP contribution in [0, 0.1) is 6.92 Å². The van der Waals surface area contributed by atoms with E-state index < -0.39 is 18.4 Å². The van der Waals surface area contributed by atoms with Crippen LogP contribution < -0.4 is 10.2 Å². The summed E-state index contributed by atoms with van der Waals surface area (Å²) >= 11 is 0. The molecule has 1 unspecified atom stereocenters. The molecule has 0 radical (unpaired) electrons. The normalized spacial score (nSPS) is 17.5. The average Bonchev–Trinajstić information content (AvgIpc) is 2.32. The maximum absolute atomic E-state index is 11.5. The first kappa shape index (κ1) is 12.9. The van der Waals surface area contributed by atoms with Crippen LogP contribution in [0.15, 0.2) is 30.4 Å². The van der Waals surface area contributed by atoms with E-state index in [1.807, 2.05) is 0 Å². The van der Waals surface area contributed by atoms with Gasteiger partial charge in [-0.05, 0) is 25.5 Å². The van der Waals surface area contributed by atoms with Crippen molar-refractivity contribution in [3.05, 3.63) is 35.9 Å². The van der Waals surface area contributed by atoms with E-state index in [9.17, 15) is 14.7 Å². The molecule has 2 N–H and O–H groups in total. The Hall–Kier alpha value is -2.50. The average molecular weight is 262 g/mol. The summed E-state index contributed by atoms with van der Waals surface area (Å²) in [6, 6.07) is 4.38. The van der Waals surface area contributed by atoms with Gasteiger partial charge in [0.1, 0.15) is 5.75 Å². The lowest BCUT2D eigenvalue weighted by Crippen LogP contribution is -2.67. The molecule has 1 aliphatic rings. The first-order chi connectivity index (χ1) is 8.90. The van der Waals surface area contributed by atoms with Crippen LogP contribution in [0.3, 0.4) is 0 Å². The number of phenols is 1. The highest BCUT2D eigenvalue weighted by Crippen LogP contribution is 2.28. The van der Waals surface area contributed by atoms with Crippen molar-refractivity contribution in [2.24, 2.45) is 0 Å². The number of aryl methyl sites for hydroxylation is 1. The van der Waals surface area contributed by atoms with Crippen molar-refractivity contribution in [1.82, 2.24) is 5.32 Å². The fourth-order valence-electron chi connectivity index (χ4n) is 1.56. The van der Waals surface area contributed by atoms with E-state index >= 15 is 0 Å². The molecule has 0 bridgehead atoms. The van der Waals surface area contributed by atoms with Crippen LogP contribution in [0.5, 0.6) is 5.75 Å². The van der Waals surface area contributed by atoms with E-state index in [0.717, 1.165) is 0 Å². The minimum atomic E-state index is -0.876. The van der Waals surface area contributed by atoms with Crippen LogP contribution >= 0.6 is 0 Å². The second-order valence-electron chi connectivity index (χ2n) is 4.33. The van der Waals surface area contributed by atoms with E-state index in [4.69, 9.17) is 4.74 Å². The van der Waals surface area contributed by atoms with Crippen molar-refractivity contribution in [3.63, 3.8) is 0 Å². The number of benzene rings is 1. The largest absolute Gasteiger partial charge is 0.508 e. The number of nitrogens with one attached hydrogen (secondary N) is 1. The molecule has 0 saturated carbocycles. The van der Waals surface area contributed by atoms with Crippen molar-refractivity contribution >= 4 is 17.7 Å². The highest BCUT2D eigenvalue weighted by molar-refractivity contribution is 5.99. The summed E-state index contributed by atoms with van der Waals surface area (Å²) in [6.45, 7) is 6.73. The monoisotopic (exact) mass is 262 g/mol. The summed E-state index contributed by atoms with van der Waals surface area (Å²) in [5, 5.41) is 12.1. The summed E-state index contributed by atoms with van der Waals surface area (Å²) in [5.41, 5.74) is 1.39. The topological polar surface area (TPSA) is 78.9 Å². The Labute approximate surface area is 110 Å². The molecule has 1 heterocycles. The molecule has 19 heavy (non-hydrogen) atoms. The smallest absolute Gasteiger partial charge is 0.336 e. The van der Waals surface area contributed by atoms with Gasteiger partial charge in [-0.1, -0.05) is 12.6 Å². The lowest BCUT2D eigenvalue weighted by molar-refractivity contribution is -0.146. The first-order valence-corrected chi connectivity index (χ1v) is 5.66. The maximum Gasteiger partial charge on any atom is 0.336 e. The molecule has 100 valence electrons. The Morgan fingerprint density at radius 3 is 2.74 bits per heavy atom. The van der Waals surface area contributed by atoms with E-state index in [-0.39, 0.29) is 11.3 Å². The summed E-state index contributed by atoms with van der Waals surface area (Å²) in [5.74, 6) is -0.520. The molecule has 1 aromatic carbocycles. The van der Waals surface area contributed by atoms with Crippen LogP contribution in [0.1, 0.15) is 12.5 Å². The lowest BCUT2D eigenvalue weighted by Gasteiger charge is -2.39. The quantitative estimate of drug-likeness (QED) is 0.641. The zero-order valence-electron chi connectivity index (χ0n) is 10.6. The summed E-state index contributed by atoms with van der Waals surface area (Å²) < 4.78 is 5.03. The van der Waals surface area contributed by atoms with Gasteiger partial charge in [-0.3, -0.25) is 5.32 Å². The molecule has 1 saturated heterocycles. The predicted octanol–water partition coefficient (Wildman–Crippen LogP) is 1.63. The van der Waals surface area contributed by atoms with Gasteiger partial charge in [0.15, 0.2) is 0 Å². The third-order valence-electron chi connectivity index (χ3n) is 2.74. The van der Waals surface area contributed by atoms with Gasteiger partial charge in [-0.25, -0.2) is 14.5 Å². The fourth-order valence-corrected chi connectivity index (χ4v) is 1.56. The molecule has 1 aromatic rings. The molecular formula is C13H14N2O4. The minimum Gasteiger partial charge on any atom is -0.508 e. The Kier molecular flexibility index (Phi) is 3.16. The van der Waals surface area contributed by atoms with Gasteiger partial charge in [0.2, 0.25) is 0 Å². The first-order valence-electron chi connectivity index (χ1n) is 5.66. The second kappa shape index (κ2) is 4.64. The van der Waals surface area contributed by atoms with E-state index in [1.54, 1.807) is 19.1 Å². The van der Waals surface area contributed by atoms with Gasteiger partial charge >= 0.3 is 12.0 Å². The number of aromatic hydroxyl groups is 1. The molecule has 1 atom stereocenters. The third kappa shape index (κ3) is 2.37. The van der Waals surface area contributed by atoms with Gasteiger partial charge in [-0.15, -0.1) is 0 Å². The van der Waals surface area contributed by atoms with Gasteiger partial charge in [0.25, 0.3) is 6.35 Å². The predicted molar refractivity (Wildman–Crippen MR) is 68.5 cm³/mol. The number of phenolic OH excluding ortho intramolecular Hbond substituents is 1. The van der Waals surface area contributed by atoms with Crippen molar-refractivity contribution in [1.29, 1.82) is 0 Å². The minimum absolute atomic E-state index is 0.0715. The van der Waals surface area contributed by atoms with E-state index in [2.05, 4.69) is 11.9 Å². The summed E-state index contributed by atoms with van der Waals surface area (Å²) in [4.78, 5) is 24.1. The highest BCUT2D eigenvalue weighted by Gasteiger charge is 2.39. The SMILES string of the molecule is C=C(C)C(=O)OC1NC(=O)N1c1ccc(C)c(O)c1. The molecule has 6 nitrogen and oxygen atoms in total. The number of amides is 2. The lowest BCUT2D eigenvalue weighted by atomic mass is 10.2. The standard InChI is InChI=1S/C13H14N2O4/c1-7(2)11(17)19-13-14-12(18)15(13)9-5-4-8(3)10(16)6-9/h4-6,13,16H,1H2,2-3H3,(H,14,18). The number of urea groups is 1. The Balaban J connectivity index is 2.17. The van der Waals surface area contributed by atoms with Crippen molar-refractivity contribution < 1.29 is 19.4 Å². The molecule has 2 rings (SSSR count). The number of carbonyl (C=O) groups excluding carboxylic acids is 2. The maximum atomic E-state index is 11.5. The van der Waals surface area contributed by atoms with E-state index in [0.29, 0.717) is 11.3 Å². The molecular weight excluding hydrogens is 248 g/mol. The number of anilines is 1. The van der Waals surface area contributed by atoms with Gasteiger partial charge in [0, 0.05) is 11.6 Å². The summed E-state index contributed by atoms with van der Waals surface area (Å²) in [7, 11) is 0. The van der Waals surface area contributed by atoms with Crippen LogP contribution in [-0.4, -0.2) is 23.5 Å². The molecule has 1 fully saturated rings. The number of hydrogen-bond donors (Lipinski definition) is 2. The molecule has 0 spiro atoms. The molecule has 6 heteroatoms. The molecule has 0 aromatic heterocycles. The number of rotatable bonds is 3. The molecule has 1 aliphatic heterocycles. The van der Waals surface area contributed by atoms with Crippen LogP contribution in [0.25, 0.3) is 0 Å². The van der Waals surface area contributed by atoms with Gasteiger partial charge in [0.05, 0.1) is 5.69 Å².